The summed E-state index contributed by atoms with van der Waals surface area (Å²) in [6.45, 7) is 3.98. The Balaban J connectivity index is 2.18. The van der Waals surface area contributed by atoms with E-state index in [1.54, 1.807) is 11.3 Å². The van der Waals surface area contributed by atoms with Crippen molar-refractivity contribution in [2.24, 2.45) is 0 Å². The van der Waals surface area contributed by atoms with Crippen LogP contribution in [0.15, 0.2) is 35.7 Å². The Labute approximate surface area is 117 Å². The summed E-state index contributed by atoms with van der Waals surface area (Å²) in [6.07, 6.45) is 0. The van der Waals surface area contributed by atoms with E-state index in [-0.39, 0.29) is 11.9 Å². The van der Waals surface area contributed by atoms with Crippen LogP contribution in [0.3, 0.4) is 0 Å². The van der Waals surface area contributed by atoms with Crippen molar-refractivity contribution in [3.8, 4) is 0 Å². The van der Waals surface area contributed by atoms with Crippen LogP contribution in [0.25, 0.3) is 0 Å². The number of rotatable bonds is 4. The zero-order chi connectivity index (χ0) is 13.8. The normalized spacial score (nSPS) is 11.9. The summed E-state index contributed by atoms with van der Waals surface area (Å²) in [7, 11) is 1.82. The smallest absolute Gasteiger partial charge is 0.253 e. The van der Waals surface area contributed by atoms with Gasteiger partial charge in [-0.05, 0) is 37.4 Å². The van der Waals surface area contributed by atoms with E-state index in [2.05, 4.69) is 10.6 Å². The van der Waals surface area contributed by atoms with Gasteiger partial charge in [0, 0.05) is 17.6 Å². The van der Waals surface area contributed by atoms with Crippen molar-refractivity contribution >= 4 is 22.9 Å². The van der Waals surface area contributed by atoms with Crippen molar-refractivity contribution in [2.75, 3.05) is 12.4 Å². The number of thiophene rings is 1. The standard InChI is InChI=1S/C15H18N2OS/c1-10-6-7-13(16-3)12(9-10)15(18)17-11(2)14-5-4-8-19-14/h4-9,11,16H,1-3H3,(H,17,18). The van der Waals surface area contributed by atoms with Crippen molar-refractivity contribution in [3.05, 3.63) is 51.7 Å². The van der Waals surface area contributed by atoms with Gasteiger partial charge in [0.1, 0.15) is 0 Å². The van der Waals surface area contributed by atoms with Crippen LogP contribution in [0, 0.1) is 6.92 Å². The lowest BCUT2D eigenvalue weighted by atomic mass is 10.1. The van der Waals surface area contributed by atoms with Gasteiger partial charge in [0.15, 0.2) is 0 Å². The van der Waals surface area contributed by atoms with E-state index in [0.717, 1.165) is 16.1 Å². The number of benzene rings is 1. The number of anilines is 1. The minimum absolute atomic E-state index is 0.0257. The lowest BCUT2D eigenvalue weighted by molar-refractivity contribution is 0.0941. The molecule has 1 aromatic heterocycles. The molecule has 0 aliphatic carbocycles. The number of hydrogen-bond acceptors (Lipinski definition) is 3. The molecule has 100 valence electrons. The van der Waals surface area contributed by atoms with Gasteiger partial charge in [0.2, 0.25) is 0 Å². The highest BCUT2D eigenvalue weighted by Crippen LogP contribution is 2.21. The Hall–Kier alpha value is -1.81. The van der Waals surface area contributed by atoms with Gasteiger partial charge in [-0.15, -0.1) is 11.3 Å². The van der Waals surface area contributed by atoms with Gasteiger partial charge in [-0.2, -0.15) is 0 Å². The van der Waals surface area contributed by atoms with Gasteiger partial charge in [-0.1, -0.05) is 17.7 Å². The minimum atomic E-state index is -0.0473. The van der Waals surface area contributed by atoms with Crippen molar-refractivity contribution in [2.45, 2.75) is 19.9 Å². The van der Waals surface area contributed by atoms with Gasteiger partial charge in [-0.3, -0.25) is 4.79 Å². The van der Waals surface area contributed by atoms with E-state index in [1.165, 1.54) is 0 Å². The van der Waals surface area contributed by atoms with Gasteiger partial charge in [0.25, 0.3) is 5.91 Å². The molecule has 19 heavy (non-hydrogen) atoms. The third-order valence-electron chi connectivity index (χ3n) is 3.01. The van der Waals surface area contributed by atoms with Gasteiger partial charge in [-0.25, -0.2) is 0 Å². The maximum atomic E-state index is 12.3. The van der Waals surface area contributed by atoms with Crippen molar-refractivity contribution < 1.29 is 4.79 Å². The zero-order valence-electron chi connectivity index (χ0n) is 11.4. The van der Waals surface area contributed by atoms with E-state index in [1.807, 2.05) is 56.6 Å². The molecule has 2 aromatic rings. The van der Waals surface area contributed by atoms with Gasteiger partial charge < -0.3 is 10.6 Å². The number of carbonyl (C=O) groups is 1. The highest BCUT2D eigenvalue weighted by atomic mass is 32.1. The SMILES string of the molecule is CNc1ccc(C)cc1C(=O)NC(C)c1cccs1. The molecule has 2 N–H and O–H groups in total. The molecule has 3 nitrogen and oxygen atoms in total. The Kier molecular flexibility index (Phi) is 4.22. The average Bonchev–Trinajstić information content (AvgIpc) is 2.92. The molecule has 0 aliphatic heterocycles. The molecule has 0 saturated carbocycles. The third kappa shape index (κ3) is 3.15. The molecule has 1 heterocycles. The maximum Gasteiger partial charge on any atom is 0.253 e. The molecule has 1 aromatic carbocycles. The number of nitrogens with one attached hydrogen (secondary N) is 2. The van der Waals surface area contributed by atoms with E-state index in [4.69, 9.17) is 0 Å². The fourth-order valence-corrected chi connectivity index (χ4v) is 2.68. The van der Waals surface area contributed by atoms with Gasteiger partial charge in [0.05, 0.1) is 11.6 Å². The number of carbonyl (C=O) groups excluding carboxylic acids is 1. The summed E-state index contributed by atoms with van der Waals surface area (Å²) in [5, 5.41) is 8.10. The fourth-order valence-electron chi connectivity index (χ4n) is 1.95. The van der Waals surface area contributed by atoms with E-state index in [9.17, 15) is 4.79 Å². The second-order valence-electron chi connectivity index (χ2n) is 4.51. The summed E-state index contributed by atoms with van der Waals surface area (Å²) >= 11 is 1.65. The predicted molar refractivity (Wildman–Crippen MR) is 80.9 cm³/mol. The van der Waals surface area contributed by atoms with E-state index < -0.39 is 0 Å². The highest BCUT2D eigenvalue weighted by Gasteiger charge is 2.15. The number of aryl methyl sites for hydroxylation is 1. The maximum absolute atomic E-state index is 12.3. The highest BCUT2D eigenvalue weighted by molar-refractivity contribution is 7.10. The molecule has 2 rings (SSSR count). The Morgan fingerprint density at radius 2 is 2.11 bits per heavy atom. The first kappa shape index (κ1) is 13.6. The first-order valence-corrected chi connectivity index (χ1v) is 7.12. The topological polar surface area (TPSA) is 41.1 Å². The Bertz CT molecular complexity index is 564. The van der Waals surface area contributed by atoms with E-state index in [0.29, 0.717) is 5.56 Å². The lowest BCUT2D eigenvalue weighted by Crippen LogP contribution is -2.26. The summed E-state index contributed by atoms with van der Waals surface area (Å²) in [5.41, 5.74) is 2.61. The molecule has 0 aliphatic rings. The second kappa shape index (κ2) is 5.89. The molecular formula is C15H18N2OS. The first-order chi connectivity index (χ1) is 9.11. The second-order valence-corrected chi connectivity index (χ2v) is 5.49. The summed E-state index contributed by atoms with van der Waals surface area (Å²) in [6, 6.07) is 9.88. The largest absolute Gasteiger partial charge is 0.387 e. The average molecular weight is 274 g/mol. The minimum Gasteiger partial charge on any atom is -0.387 e. The van der Waals surface area contributed by atoms with Crippen LogP contribution in [-0.2, 0) is 0 Å². The van der Waals surface area contributed by atoms with Crippen LogP contribution in [-0.4, -0.2) is 13.0 Å². The quantitative estimate of drug-likeness (QED) is 0.894. The number of hydrogen-bond donors (Lipinski definition) is 2. The van der Waals surface area contributed by atoms with Crippen LogP contribution < -0.4 is 10.6 Å². The molecule has 1 atom stereocenters. The third-order valence-corrected chi connectivity index (χ3v) is 4.06. The molecule has 0 radical (unpaired) electrons. The summed E-state index contributed by atoms with van der Waals surface area (Å²) in [4.78, 5) is 13.5. The van der Waals surface area contributed by atoms with Crippen molar-refractivity contribution in [3.63, 3.8) is 0 Å². The molecule has 1 unspecified atom stereocenters. The van der Waals surface area contributed by atoms with Crippen molar-refractivity contribution in [1.29, 1.82) is 0 Å². The van der Waals surface area contributed by atoms with Crippen LogP contribution in [0.4, 0.5) is 5.69 Å². The lowest BCUT2D eigenvalue weighted by Gasteiger charge is -2.15. The Morgan fingerprint density at radius 3 is 2.74 bits per heavy atom. The molecule has 0 spiro atoms. The molecule has 0 fully saturated rings. The first-order valence-electron chi connectivity index (χ1n) is 6.24. The monoisotopic (exact) mass is 274 g/mol. The fraction of sp³-hybridized carbons (Fsp3) is 0.267. The number of amides is 1. The zero-order valence-corrected chi connectivity index (χ0v) is 12.2. The predicted octanol–water partition coefficient (Wildman–Crippen LogP) is 3.59. The van der Waals surface area contributed by atoms with Gasteiger partial charge >= 0.3 is 0 Å². The van der Waals surface area contributed by atoms with Crippen LogP contribution in [0.5, 0.6) is 0 Å². The molecule has 1 amide bonds. The Morgan fingerprint density at radius 1 is 1.32 bits per heavy atom. The molecule has 0 bridgehead atoms. The van der Waals surface area contributed by atoms with Crippen LogP contribution >= 0.6 is 11.3 Å². The molecule has 0 saturated heterocycles. The van der Waals surface area contributed by atoms with E-state index >= 15 is 0 Å². The van der Waals surface area contributed by atoms with Crippen molar-refractivity contribution in [1.82, 2.24) is 5.32 Å². The van der Waals surface area contributed by atoms with Crippen LogP contribution in [0.2, 0.25) is 0 Å². The molecule has 4 heteroatoms. The summed E-state index contributed by atoms with van der Waals surface area (Å²) in [5.74, 6) is -0.0473. The molecular weight excluding hydrogens is 256 g/mol. The summed E-state index contributed by atoms with van der Waals surface area (Å²) < 4.78 is 0. The van der Waals surface area contributed by atoms with Crippen LogP contribution in [0.1, 0.15) is 33.8 Å².